The van der Waals surface area contributed by atoms with Crippen LogP contribution < -0.4 is 4.74 Å². The Morgan fingerprint density at radius 1 is 1.05 bits per heavy atom. The van der Waals surface area contributed by atoms with Gasteiger partial charge in [0.2, 0.25) is 0 Å². The van der Waals surface area contributed by atoms with Crippen molar-refractivity contribution in [2.45, 2.75) is 53.4 Å². The first-order valence-electron chi connectivity index (χ1n) is 6.83. The lowest BCUT2D eigenvalue weighted by Crippen LogP contribution is -2.24. The van der Waals surface area contributed by atoms with Gasteiger partial charge in [-0.2, -0.15) is 0 Å². The number of benzene rings is 1. The van der Waals surface area contributed by atoms with Crippen LogP contribution in [0.3, 0.4) is 0 Å². The van der Waals surface area contributed by atoms with Crippen LogP contribution >= 0.6 is 0 Å². The number of hydrogen-bond acceptors (Lipinski definition) is 2. The van der Waals surface area contributed by atoms with Gasteiger partial charge in [-0.3, -0.25) is 4.79 Å². The van der Waals surface area contributed by atoms with Crippen molar-refractivity contribution in [1.29, 1.82) is 0 Å². The number of rotatable bonds is 5. The highest BCUT2D eigenvalue weighted by atomic mass is 16.5. The van der Waals surface area contributed by atoms with E-state index >= 15 is 0 Å². The van der Waals surface area contributed by atoms with Gasteiger partial charge in [0.05, 0.1) is 0 Å². The third-order valence-corrected chi connectivity index (χ3v) is 3.05. The molecule has 1 rings (SSSR count). The molecule has 1 aromatic carbocycles. The lowest BCUT2D eigenvalue weighted by Gasteiger charge is -2.33. The highest BCUT2D eigenvalue weighted by Gasteiger charge is 2.27. The predicted octanol–water partition coefficient (Wildman–Crippen LogP) is 4.37. The van der Waals surface area contributed by atoms with Crippen molar-refractivity contribution in [2.24, 2.45) is 5.41 Å². The molecule has 0 aliphatic heterocycles. The fraction of sp³-hybridized carbons (Fsp3) is 0.588. The second-order valence-electron chi connectivity index (χ2n) is 7.14. The van der Waals surface area contributed by atoms with Crippen molar-refractivity contribution in [3.05, 3.63) is 29.8 Å². The van der Waals surface area contributed by atoms with Gasteiger partial charge in [0.1, 0.15) is 12.4 Å². The Kier molecular flexibility index (Phi) is 4.78. The molecule has 0 N–H and O–H groups in total. The van der Waals surface area contributed by atoms with Crippen LogP contribution in [0.15, 0.2) is 24.3 Å². The zero-order chi connectivity index (χ0) is 14.7. The summed E-state index contributed by atoms with van der Waals surface area (Å²) in [5, 5.41) is 0. The molecule has 0 spiro atoms. The minimum absolute atomic E-state index is 0.0390. The summed E-state index contributed by atoms with van der Waals surface area (Å²) in [6, 6.07) is 8.09. The number of carbonyl (C=O) groups is 1. The summed E-state index contributed by atoms with van der Waals surface area (Å²) in [7, 11) is 0. The molecule has 0 aliphatic rings. The van der Waals surface area contributed by atoms with Crippen LogP contribution in [0.1, 0.15) is 53.5 Å². The number of carbonyl (C=O) groups excluding carboxylic acids is 1. The van der Waals surface area contributed by atoms with E-state index < -0.39 is 0 Å². The summed E-state index contributed by atoms with van der Waals surface area (Å²) >= 11 is 0. The van der Waals surface area contributed by atoms with E-state index in [4.69, 9.17) is 4.74 Å². The molecular weight excluding hydrogens is 236 g/mol. The van der Waals surface area contributed by atoms with Gasteiger partial charge in [0.15, 0.2) is 5.78 Å². The van der Waals surface area contributed by atoms with Crippen LogP contribution in [-0.2, 0) is 10.2 Å². The number of ether oxygens (including phenoxy) is 1. The van der Waals surface area contributed by atoms with Gasteiger partial charge in [0.25, 0.3) is 0 Å². The number of Topliss-reactive ketones (excluding diaryl/α,β-unsaturated/α-hetero) is 1. The Bertz CT molecular complexity index is 422. The normalized spacial score (nSPS) is 12.3. The molecule has 0 heterocycles. The Morgan fingerprint density at radius 2 is 1.58 bits per heavy atom. The smallest absolute Gasteiger partial charge is 0.167 e. The molecule has 2 heteroatoms. The fourth-order valence-corrected chi connectivity index (χ4v) is 2.62. The second-order valence-corrected chi connectivity index (χ2v) is 7.14. The van der Waals surface area contributed by atoms with Crippen LogP contribution in [0.25, 0.3) is 0 Å². The van der Waals surface area contributed by atoms with Crippen LogP contribution in [-0.4, -0.2) is 12.4 Å². The summed E-state index contributed by atoms with van der Waals surface area (Å²) in [6.45, 7) is 13.0. The monoisotopic (exact) mass is 262 g/mol. The highest BCUT2D eigenvalue weighted by molar-refractivity contribution is 5.77. The molecule has 0 fully saturated rings. The Morgan fingerprint density at radius 3 is 2.00 bits per heavy atom. The van der Waals surface area contributed by atoms with E-state index in [2.05, 4.69) is 46.8 Å². The lowest BCUT2D eigenvalue weighted by atomic mass is 9.72. The predicted molar refractivity (Wildman–Crippen MR) is 79.7 cm³/mol. The zero-order valence-corrected chi connectivity index (χ0v) is 13.0. The molecule has 0 atom stereocenters. The third-order valence-electron chi connectivity index (χ3n) is 3.05. The number of ketones is 1. The van der Waals surface area contributed by atoms with Gasteiger partial charge >= 0.3 is 0 Å². The average molecular weight is 262 g/mol. The van der Waals surface area contributed by atoms with Gasteiger partial charge in [-0.05, 0) is 41.9 Å². The Labute approximate surface area is 117 Å². The van der Waals surface area contributed by atoms with Crippen LogP contribution in [0.4, 0.5) is 0 Å². The van der Waals surface area contributed by atoms with Crippen molar-refractivity contribution in [3.8, 4) is 5.75 Å². The molecule has 0 aliphatic carbocycles. The van der Waals surface area contributed by atoms with Crippen molar-refractivity contribution in [3.63, 3.8) is 0 Å². The van der Waals surface area contributed by atoms with E-state index in [1.807, 2.05) is 12.1 Å². The first-order chi connectivity index (χ1) is 8.60. The van der Waals surface area contributed by atoms with Crippen molar-refractivity contribution in [1.82, 2.24) is 0 Å². The SMILES string of the molecule is CC(=O)COc1ccc(C(C)(C)CC(C)(C)C)cc1. The third kappa shape index (κ3) is 5.46. The van der Waals surface area contributed by atoms with E-state index in [0.717, 1.165) is 12.2 Å². The van der Waals surface area contributed by atoms with Gasteiger partial charge in [0, 0.05) is 0 Å². The standard InChI is InChI=1S/C17H26O2/c1-13(18)11-19-15-9-7-14(8-10-15)17(5,6)12-16(2,3)4/h7-10H,11-12H2,1-6H3. The molecule has 1 aromatic rings. The molecular formula is C17H26O2. The van der Waals surface area contributed by atoms with E-state index in [9.17, 15) is 4.79 Å². The lowest BCUT2D eigenvalue weighted by molar-refractivity contribution is -0.118. The fourth-order valence-electron chi connectivity index (χ4n) is 2.62. The summed E-state index contributed by atoms with van der Waals surface area (Å²) < 4.78 is 5.39. The zero-order valence-electron chi connectivity index (χ0n) is 13.0. The van der Waals surface area contributed by atoms with Crippen molar-refractivity contribution in [2.75, 3.05) is 6.61 Å². The molecule has 0 radical (unpaired) electrons. The highest BCUT2D eigenvalue weighted by Crippen LogP contribution is 2.36. The number of hydrogen-bond donors (Lipinski definition) is 0. The summed E-state index contributed by atoms with van der Waals surface area (Å²) in [5.74, 6) is 0.794. The maximum absolute atomic E-state index is 10.9. The molecule has 0 saturated heterocycles. The topological polar surface area (TPSA) is 26.3 Å². The van der Waals surface area contributed by atoms with E-state index in [1.54, 1.807) is 0 Å². The average Bonchev–Trinajstić information content (AvgIpc) is 2.23. The van der Waals surface area contributed by atoms with Crippen molar-refractivity contribution < 1.29 is 9.53 Å². The summed E-state index contributed by atoms with van der Waals surface area (Å²) in [4.78, 5) is 10.9. The van der Waals surface area contributed by atoms with Crippen LogP contribution in [0.2, 0.25) is 0 Å². The molecule has 106 valence electrons. The van der Waals surface area contributed by atoms with E-state index in [0.29, 0.717) is 5.41 Å². The second kappa shape index (κ2) is 5.77. The maximum Gasteiger partial charge on any atom is 0.167 e. The molecule has 2 nitrogen and oxygen atoms in total. The van der Waals surface area contributed by atoms with E-state index in [1.165, 1.54) is 12.5 Å². The van der Waals surface area contributed by atoms with Gasteiger partial charge in [-0.1, -0.05) is 46.8 Å². The first-order valence-corrected chi connectivity index (χ1v) is 6.83. The van der Waals surface area contributed by atoms with Gasteiger partial charge in [-0.25, -0.2) is 0 Å². The van der Waals surface area contributed by atoms with Gasteiger partial charge in [-0.15, -0.1) is 0 Å². The minimum Gasteiger partial charge on any atom is -0.486 e. The van der Waals surface area contributed by atoms with Crippen LogP contribution in [0, 0.1) is 5.41 Å². The van der Waals surface area contributed by atoms with Crippen molar-refractivity contribution >= 4 is 5.78 Å². The quantitative estimate of drug-likeness (QED) is 0.787. The molecule has 0 unspecified atom stereocenters. The van der Waals surface area contributed by atoms with E-state index in [-0.39, 0.29) is 17.8 Å². The maximum atomic E-state index is 10.9. The van der Waals surface area contributed by atoms with Crippen LogP contribution in [0.5, 0.6) is 5.75 Å². The Balaban J connectivity index is 2.77. The molecule has 0 bridgehead atoms. The molecule has 0 aromatic heterocycles. The minimum atomic E-state index is 0.0390. The summed E-state index contributed by atoms with van der Waals surface area (Å²) in [6.07, 6.45) is 1.12. The first kappa shape index (κ1) is 15.7. The molecule has 0 amide bonds. The summed E-state index contributed by atoms with van der Waals surface area (Å²) in [5.41, 5.74) is 1.74. The van der Waals surface area contributed by atoms with Gasteiger partial charge < -0.3 is 4.74 Å². The largest absolute Gasteiger partial charge is 0.486 e. The molecule has 19 heavy (non-hydrogen) atoms. The molecule has 0 saturated carbocycles. The Hall–Kier alpha value is -1.31.